The summed E-state index contributed by atoms with van der Waals surface area (Å²) in [5.74, 6) is 0.284. The minimum Gasteiger partial charge on any atom is -0.381 e. The molecule has 0 amide bonds. The van der Waals surface area contributed by atoms with Crippen molar-refractivity contribution in [1.29, 1.82) is 0 Å². The van der Waals surface area contributed by atoms with Gasteiger partial charge in [0.25, 0.3) is 0 Å². The van der Waals surface area contributed by atoms with E-state index in [9.17, 15) is 4.39 Å². The van der Waals surface area contributed by atoms with E-state index < -0.39 is 0 Å². The van der Waals surface area contributed by atoms with Gasteiger partial charge in [0.05, 0.1) is 0 Å². The first-order valence-corrected chi connectivity index (χ1v) is 7.10. The van der Waals surface area contributed by atoms with E-state index in [-0.39, 0.29) is 11.4 Å². The predicted octanol–water partition coefficient (Wildman–Crippen LogP) is 3.39. The van der Waals surface area contributed by atoms with Gasteiger partial charge in [-0.1, -0.05) is 6.08 Å². The van der Waals surface area contributed by atoms with Gasteiger partial charge in [-0.3, -0.25) is 0 Å². The summed E-state index contributed by atoms with van der Waals surface area (Å²) in [7, 11) is 2.10. The highest BCUT2D eigenvalue weighted by molar-refractivity contribution is 5.39. The zero-order valence-corrected chi connectivity index (χ0v) is 12.5. The Kier molecular flexibility index (Phi) is 4.14. The van der Waals surface area contributed by atoms with E-state index in [1.165, 1.54) is 0 Å². The Labute approximate surface area is 116 Å². The molecule has 0 saturated carbocycles. The maximum Gasteiger partial charge on any atom is 0.123 e. The summed E-state index contributed by atoms with van der Waals surface area (Å²) in [4.78, 5) is 2.27. The summed E-state index contributed by atoms with van der Waals surface area (Å²) in [5, 5.41) is 3.45. The Morgan fingerprint density at radius 3 is 2.63 bits per heavy atom. The van der Waals surface area contributed by atoms with Gasteiger partial charge in [0.15, 0.2) is 0 Å². The van der Waals surface area contributed by atoms with E-state index in [0.717, 1.165) is 30.8 Å². The van der Waals surface area contributed by atoms with Crippen LogP contribution >= 0.6 is 0 Å². The van der Waals surface area contributed by atoms with Gasteiger partial charge in [-0.2, -0.15) is 0 Å². The van der Waals surface area contributed by atoms with Crippen molar-refractivity contribution in [2.45, 2.75) is 39.2 Å². The van der Waals surface area contributed by atoms with Crippen LogP contribution in [0, 0.1) is 5.92 Å². The SMILES string of the molecule is CN1CCC(C2=CC(NC(C)(C)C)=CCC=C2F)C1. The molecule has 2 aliphatic rings. The first kappa shape index (κ1) is 14.3. The van der Waals surface area contributed by atoms with Crippen LogP contribution in [0.5, 0.6) is 0 Å². The van der Waals surface area contributed by atoms with Crippen molar-refractivity contribution in [2.75, 3.05) is 20.1 Å². The second-order valence-corrected chi connectivity index (χ2v) is 6.67. The molecule has 1 N–H and O–H groups in total. The number of halogens is 1. The minimum absolute atomic E-state index is 0.000721. The van der Waals surface area contributed by atoms with E-state index >= 15 is 0 Å². The van der Waals surface area contributed by atoms with Gasteiger partial charge in [0, 0.05) is 23.7 Å². The molecule has 1 aliphatic heterocycles. The Bertz CT molecular complexity index is 427. The molecule has 3 heteroatoms. The van der Waals surface area contributed by atoms with Crippen LogP contribution in [0.1, 0.15) is 33.6 Å². The Balaban J connectivity index is 2.20. The van der Waals surface area contributed by atoms with Gasteiger partial charge < -0.3 is 10.2 Å². The van der Waals surface area contributed by atoms with Gasteiger partial charge in [-0.25, -0.2) is 4.39 Å². The molecule has 19 heavy (non-hydrogen) atoms. The number of nitrogens with zero attached hydrogens (tertiary/aromatic N) is 1. The van der Waals surface area contributed by atoms with Crippen LogP contribution < -0.4 is 5.32 Å². The topological polar surface area (TPSA) is 15.3 Å². The van der Waals surface area contributed by atoms with Gasteiger partial charge in [0.1, 0.15) is 5.83 Å². The van der Waals surface area contributed by atoms with E-state index in [0.29, 0.717) is 12.3 Å². The minimum atomic E-state index is -0.0396. The summed E-state index contributed by atoms with van der Waals surface area (Å²) in [5.41, 5.74) is 1.91. The second kappa shape index (κ2) is 5.49. The number of likely N-dealkylation sites (tertiary alicyclic amines) is 1. The average Bonchev–Trinajstić information content (AvgIpc) is 2.61. The quantitative estimate of drug-likeness (QED) is 0.822. The number of nitrogens with one attached hydrogen (secondary N) is 1. The van der Waals surface area contributed by atoms with E-state index in [2.05, 4.69) is 44.1 Å². The van der Waals surface area contributed by atoms with Crippen molar-refractivity contribution in [3.63, 3.8) is 0 Å². The monoisotopic (exact) mass is 264 g/mol. The molecule has 0 aromatic rings. The Morgan fingerprint density at radius 2 is 2.05 bits per heavy atom. The molecule has 0 aromatic heterocycles. The predicted molar refractivity (Wildman–Crippen MR) is 78.5 cm³/mol. The summed E-state index contributed by atoms with van der Waals surface area (Å²) >= 11 is 0. The van der Waals surface area contributed by atoms with Gasteiger partial charge in [0.2, 0.25) is 0 Å². The molecule has 1 heterocycles. The summed E-state index contributed by atoms with van der Waals surface area (Å²) in [6, 6.07) is 0. The van der Waals surface area contributed by atoms with Gasteiger partial charge in [-0.05, 0) is 64.9 Å². The van der Waals surface area contributed by atoms with Crippen molar-refractivity contribution in [3.05, 3.63) is 35.3 Å². The van der Waals surface area contributed by atoms with Crippen molar-refractivity contribution in [2.24, 2.45) is 5.92 Å². The molecule has 1 unspecified atom stereocenters. The molecule has 2 nitrogen and oxygen atoms in total. The second-order valence-electron chi connectivity index (χ2n) is 6.67. The fourth-order valence-corrected chi connectivity index (χ4v) is 2.72. The maximum atomic E-state index is 14.2. The molecule has 1 aliphatic carbocycles. The maximum absolute atomic E-state index is 14.2. The molecule has 1 fully saturated rings. The van der Waals surface area contributed by atoms with E-state index in [4.69, 9.17) is 0 Å². The fourth-order valence-electron chi connectivity index (χ4n) is 2.72. The molecule has 2 rings (SSSR count). The first-order valence-electron chi connectivity index (χ1n) is 7.10. The molecular weight excluding hydrogens is 239 g/mol. The van der Waals surface area contributed by atoms with Crippen molar-refractivity contribution in [1.82, 2.24) is 10.2 Å². The molecular formula is C16H25FN2. The fraction of sp³-hybridized carbons (Fsp3) is 0.625. The standard InChI is InChI=1S/C16H25FN2/c1-16(2,3)18-13-6-5-7-15(17)14(10-13)12-8-9-19(4)11-12/h6-7,10,12,18H,5,8-9,11H2,1-4H3. The number of rotatable bonds is 2. The largest absolute Gasteiger partial charge is 0.381 e. The number of hydrogen-bond donors (Lipinski definition) is 1. The zero-order valence-electron chi connectivity index (χ0n) is 12.5. The highest BCUT2D eigenvalue weighted by atomic mass is 19.1. The lowest BCUT2D eigenvalue weighted by Crippen LogP contribution is -2.34. The van der Waals surface area contributed by atoms with E-state index in [1.54, 1.807) is 6.08 Å². The summed E-state index contributed by atoms with van der Waals surface area (Å²) < 4.78 is 14.2. The van der Waals surface area contributed by atoms with Crippen LogP contribution in [0.4, 0.5) is 4.39 Å². The van der Waals surface area contributed by atoms with Crippen LogP contribution in [0.3, 0.4) is 0 Å². The van der Waals surface area contributed by atoms with Crippen LogP contribution in [-0.4, -0.2) is 30.6 Å². The third kappa shape index (κ3) is 3.93. The lowest BCUT2D eigenvalue weighted by Gasteiger charge is -2.23. The lowest BCUT2D eigenvalue weighted by atomic mass is 9.96. The molecule has 0 spiro atoms. The van der Waals surface area contributed by atoms with Gasteiger partial charge in [-0.15, -0.1) is 0 Å². The van der Waals surface area contributed by atoms with E-state index in [1.807, 2.05) is 6.08 Å². The highest BCUT2D eigenvalue weighted by Crippen LogP contribution is 2.31. The zero-order chi connectivity index (χ0) is 14.0. The number of hydrogen-bond acceptors (Lipinski definition) is 2. The van der Waals surface area contributed by atoms with Crippen LogP contribution in [0.15, 0.2) is 35.3 Å². The molecule has 1 atom stereocenters. The number of allylic oxidation sites excluding steroid dienone is 4. The molecule has 106 valence electrons. The highest BCUT2D eigenvalue weighted by Gasteiger charge is 2.26. The third-order valence-corrected chi connectivity index (χ3v) is 3.57. The summed E-state index contributed by atoms with van der Waals surface area (Å²) in [6.45, 7) is 8.38. The molecule has 0 aromatic carbocycles. The average molecular weight is 264 g/mol. The molecule has 1 saturated heterocycles. The first-order chi connectivity index (χ1) is 8.85. The smallest absolute Gasteiger partial charge is 0.123 e. The Hall–Kier alpha value is -1.09. The lowest BCUT2D eigenvalue weighted by molar-refractivity contribution is 0.403. The van der Waals surface area contributed by atoms with Crippen LogP contribution in [0.2, 0.25) is 0 Å². The molecule has 0 bridgehead atoms. The van der Waals surface area contributed by atoms with Crippen molar-refractivity contribution < 1.29 is 4.39 Å². The normalized spacial score (nSPS) is 25.5. The third-order valence-electron chi connectivity index (χ3n) is 3.57. The molecule has 0 radical (unpaired) electrons. The summed E-state index contributed by atoms with van der Waals surface area (Å²) in [6.07, 6.45) is 7.48. The Morgan fingerprint density at radius 1 is 1.32 bits per heavy atom. The van der Waals surface area contributed by atoms with Crippen molar-refractivity contribution >= 4 is 0 Å². The van der Waals surface area contributed by atoms with Crippen molar-refractivity contribution in [3.8, 4) is 0 Å². The van der Waals surface area contributed by atoms with Crippen LogP contribution in [-0.2, 0) is 0 Å². The van der Waals surface area contributed by atoms with Crippen LogP contribution in [0.25, 0.3) is 0 Å². The van der Waals surface area contributed by atoms with Gasteiger partial charge >= 0.3 is 0 Å².